The molecule has 3 heteroatoms. The number of carboxylic acid groups (broad SMARTS) is 1. The summed E-state index contributed by atoms with van der Waals surface area (Å²) in [6, 6.07) is -0.490. The quantitative estimate of drug-likeness (QED) is 0.429. The van der Waals surface area contributed by atoms with Crippen molar-refractivity contribution in [2.75, 3.05) is 0 Å². The maximum atomic E-state index is 10.0. The van der Waals surface area contributed by atoms with Gasteiger partial charge in [-0.15, -0.1) is 6.53 Å². The monoisotopic (exact) mass is 132 g/mol. The van der Waals surface area contributed by atoms with Gasteiger partial charge in [0.2, 0.25) is 0 Å². The molecule has 0 heterocycles. The molecule has 0 spiro atoms. The van der Waals surface area contributed by atoms with Gasteiger partial charge in [-0.3, -0.25) is 4.79 Å². The van der Waals surface area contributed by atoms with Crippen LogP contribution in [-0.2, 0) is 4.79 Å². The van der Waals surface area contributed by atoms with Crippen LogP contribution in [0.25, 0.3) is 0 Å². The molecule has 0 bridgehead atoms. The van der Waals surface area contributed by atoms with Gasteiger partial charge in [-0.25, -0.2) is 0 Å². The predicted molar refractivity (Wildman–Crippen MR) is 35.0 cm³/mol. The van der Waals surface area contributed by atoms with Crippen LogP contribution in [0, 0.1) is 0 Å². The second-order valence-electron chi connectivity index (χ2n) is 1.76. The van der Waals surface area contributed by atoms with E-state index in [1.807, 2.05) is 0 Å². The molecular formula is C6H11NO2. The number of carbonyl (C=O) groups is 1. The van der Waals surface area contributed by atoms with Crippen LogP contribution >= 0.6 is 0 Å². The van der Waals surface area contributed by atoms with Crippen LogP contribution in [0.1, 0.15) is 15.6 Å². The van der Waals surface area contributed by atoms with Crippen molar-refractivity contribution in [3.05, 3.63) is 12.6 Å². The molecule has 9 heavy (non-hydrogen) atoms. The number of carboxylic acids is 1. The van der Waals surface area contributed by atoms with Crippen LogP contribution in [-0.4, -0.2) is 17.1 Å². The topological polar surface area (TPSA) is 63.3 Å². The van der Waals surface area contributed by atoms with Crippen molar-refractivity contribution in [1.29, 1.82) is 0 Å². The minimum Gasteiger partial charge on any atom is -0.481 e. The summed E-state index contributed by atoms with van der Waals surface area (Å²) in [5.74, 6) is -0.912. The van der Waals surface area contributed by atoms with Crippen LogP contribution in [0.5, 0.6) is 0 Å². The number of nitrogens with two attached hydrogens (primary N) is 1. The Morgan fingerprint density at radius 2 is 2.78 bits per heavy atom. The third kappa shape index (κ3) is 5.03. The van der Waals surface area contributed by atoms with Gasteiger partial charge in [0.15, 0.2) is 0 Å². The van der Waals surface area contributed by atoms with E-state index in [2.05, 4.69) is 0 Å². The summed E-state index contributed by atoms with van der Waals surface area (Å²) in [6.45, 7) is -0.372. The fourth-order valence-corrected chi connectivity index (χ4v) is 0.373. The van der Waals surface area contributed by atoms with Crippen LogP contribution in [0.3, 0.4) is 0 Å². The molecule has 0 aliphatic carbocycles. The van der Waals surface area contributed by atoms with Crippen molar-refractivity contribution in [3.63, 3.8) is 0 Å². The highest BCUT2D eigenvalue weighted by Crippen LogP contribution is 1.93. The van der Waals surface area contributed by atoms with Crippen LogP contribution in [0.15, 0.2) is 12.6 Å². The normalized spacial score (nSPS) is 15.2. The molecular weight excluding hydrogens is 119 g/mol. The van der Waals surface area contributed by atoms with Gasteiger partial charge in [0.1, 0.15) is 0 Å². The Kier molecular flexibility index (Phi) is 2.27. The molecule has 1 unspecified atom stereocenters. The molecule has 0 aliphatic heterocycles. The average molecular weight is 132 g/mol. The van der Waals surface area contributed by atoms with Crippen molar-refractivity contribution in [2.45, 2.75) is 18.9 Å². The fraction of sp³-hybridized carbons (Fsp3) is 0.500. The highest BCUT2D eigenvalue weighted by molar-refractivity contribution is 5.66. The van der Waals surface area contributed by atoms with E-state index in [1.165, 1.54) is 6.08 Å². The second kappa shape index (κ2) is 4.09. The van der Waals surface area contributed by atoms with Gasteiger partial charge in [-0.05, 0) is 6.42 Å². The molecule has 0 radical (unpaired) electrons. The van der Waals surface area contributed by atoms with E-state index in [4.69, 9.17) is 13.6 Å². The van der Waals surface area contributed by atoms with E-state index >= 15 is 0 Å². The highest BCUT2D eigenvalue weighted by Gasteiger charge is 1.99. The Morgan fingerprint density at radius 3 is 3.22 bits per heavy atom. The Balaban J connectivity index is 3.61. The standard InChI is InChI=1S/C6H11NO2/c1-2-5(7)3-4-6(8)9/h2,5H,1,3-4,7H2,(H,8,9)/i1+1D2. The fourth-order valence-electron chi connectivity index (χ4n) is 0.373. The summed E-state index contributed by atoms with van der Waals surface area (Å²) in [6.07, 6.45) is 1.46. The Hall–Kier alpha value is -0.830. The predicted octanol–water partition coefficient (Wildman–Crippen LogP) is 0.365. The van der Waals surface area contributed by atoms with Gasteiger partial charge in [-0.1, -0.05) is 6.08 Å². The van der Waals surface area contributed by atoms with E-state index in [-0.39, 0.29) is 19.4 Å². The first-order chi connectivity index (χ1) is 5.02. The molecule has 52 valence electrons. The molecule has 3 N–H and O–H groups in total. The molecule has 0 amide bonds. The minimum atomic E-state index is -0.912. The lowest BCUT2D eigenvalue weighted by atomic mass is 10.2. The van der Waals surface area contributed by atoms with Crippen molar-refractivity contribution in [2.24, 2.45) is 5.73 Å². The number of rotatable bonds is 4. The van der Waals surface area contributed by atoms with Gasteiger partial charge >= 0.3 is 5.97 Å². The maximum absolute atomic E-state index is 10.0. The van der Waals surface area contributed by atoms with Gasteiger partial charge in [-0.2, -0.15) is 0 Å². The van der Waals surface area contributed by atoms with Crippen molar-refractivity contribution < 1.29 is 12.6 Å². The minimum absolute atomic E-state index is 0.0229. The Morgan fingerprint density at radius 1 is 2.11 bits per heavy atom. The number of hydrogen-bond donors (Lipinski definition) is 2. The summed E-state index contributed by atoms with van der Waals surface area (Å²) < 4.78 is 13.4. The third-order valence-corrected chi connectivity index (χ3v) is 0.906. The van der Waals surface area contributed by atoms with Crippen molar-refractivity contribution in [3.8, 4) is 0 Å². The zero-order valence-corrected chi connectivity index (χ0v) is 5.00. The van der Waals surface area contributed by atoms with Crippen LogP contribution in [0.2, 0.25) is 0 Å². The Bertz CT molecular complexity index is 166. The van der Waals surface area contributed by atoms with Crippen molar-refractivity contribution in [1.82, 2.24) is 0 Å². The molecule has 0 aromatic heterocycles. The molecule has 1 atom stereocenters. The molecule has 0 fully saturated rings. The first-order valence-corrected chi connectivity index (χ1v) is 2.64. The lowest BCUT2D eigenvalue weighted by Crippen LogP contribution is -2.17. The Labute approximate surface area is 57.0 Å². The van der Waals surface area contributed by atoms with Gasteiger partial charge in [0, 0.05) is 12.5 Å². The molecule has 0 aromatic carbocycles. The van der Waals surface area contributed by atoms with E-state index in [9.17, 15) is 4.79 Å². The van der Waals surface area contributed by atoms with Crippen LogP contribution in [0.4, 0.5) is 0 Å². The van der Waals surface area contributed by atoms with E-state index in [0.29, 0.717) is 0 Å². The largest absolute Gasteiger partial charge is 0.481 e. The molecule has 0 saturated carbocycles. The smallest absolute Gasteiger partial charge is 0.303 e. The second-order valence-corrected chi connectivity index (χ2v) is 1.76. The molecule has 0 aromatic rings. The van der Waals surface area contributed by atoms with Crippen molar-refractivity contribution >= 4 is 5.97 Å². The molecule has 0 aliphatic rings. The maximum Gasteiger partial charge on any atom is 0.303 e. The van der Waals surface area contributed by atoms with E-state index < -0.39 is 12.0 Å². The lowest BCUT2D eigenvalue weighted by Gasteiger charge is -2.00. The molecule has 3 nitrogen and oxygen atoms in total. The first-order valence-electron chi connectivity index (χ1n) is 3.64. The van der Waals surface area contributed by atoms with Gasteiger partial charge in [0.25, 0.3) is 0 Å². The van der Waals surface area contributed by atoms with E-state index in [0.717, 1.165) is 0 Å². The van der Waals surface area contributed by atoms with Gasteiger partial charge < -0.3 is 10.8 Å². The average Bonchev–Trinajstić information content (AvgIpc) is 1.82. The number of aliphatic carboxylic acids is 1. The zero-order chi connectivity index (χ0) is 8.85. The van der Waals surface area contributed by atoms with Gasteiger partial charge in [0.05, 0.1) is 2.74 Å². The SMILES string of the molecule is [2H][13C]([2H])=CC(N)CCC(=O)O. The summed E-state index contributed by atoms with van der Waals surface area (Å²) in [5.41, 5.74) is 5.34. The zero-order valence-electron chi connectivity index (χ0n) is 7.00. The summed E-state index contributed by atoms with van der Waals surface area (Å²) in [7, 11) is 0. The third-order valence-electron chi connectivity index (χ3n) is 0.906. The molecule has 0 saturated heterocycles. The molecule has 0 rings (SSSR count). The number of hydrogen-bond acceptors (Lipinski definition) is 2. The van der Waals surface area contributed by atoms with E-state index in [1.54, 1.807) is 0 Å². The summed E-state index contributed by atoms with van der Waals surface area (Å²) in [5, 5.41) is 8.23. The first kappa shape index (κ1) is 4.99. The summed E-state index contributed by atoms with van der Waals surface area (Å²) in [4.78, 5) is 10.0. The lowest BCUT2D eigenvalue weighted by molar-refractivity contribution is -0.137. The summed E-state index contributed by atoms with van der Waals surface area (Å²) >= 11 is 0. The highest BCUT2D eigenvalue weighted by atomic mass is 16.4. The van der Waals surface area contributed by atoms with Crippen LogP contribution < -0.4 is 5.73 Å².